The number of pyridine rings is 2. The molecule has 0 saturated carbocycles. The number of hydrogen-bond donors (Lipinski definition) is 2. The van der Waals surface area contributed by atoms with E-state index in [-0.39, 0.29) is 35.6 Å². The van der Waals surface area contributed by atoms with Crippen LogP contribution in [0.4, 0.5) is 0 Å². The first-order valence-corrected chi connectivity index (χ1v) is 14.4. The molecule has 2 aromatic heterocycles. The number of methoxy groups -OCH3 is 1. The lowest BCUT2D eigenvalue weighted by molar-refractivity contribution is -0.172. The van der Waals surface area contributed by atoms with Crippen molar-refractivity contribution in [3.63, 3.8) is 0 Å². The van der Waals surface area contributed by atoms with Crippen molar-refractivity contribution in [2.24, 2.45) is 0 Å². The highest BCUT2D eigenvalue weighted by molar-refractivity contribution is 6.02. The lowest BCUT2D eigenvalue weighted by Crippen LogP contribution is -2.44. The normalized spacial score (nSPS) is 20.3. The van der Waals surface area contributed by atoms with Crippen LogP contribution in [-0.2, 0) is 34.8 Å². The van der Waals surface area contributed by atoms with Crippen LogP contribution in [0.1, 0.15) is 58.8 Å². The fraction of sp³-hybridized carbons (Fsp3) is 0.484. The molecule has 0 bridgehead atoms. The first-order valence-electron chi connectivity index (χ1n) is 14.4. The Bertz CT molecular complexity index is 1670. The van der Waals surface area contributed by atoms with Crippen molar-refractivity contribution < 1.29 is 24.2 Å². The minimum absolute atomic E-state index is 0.0726. The Balaban J connectivity index is 1.55. The summed E-state index contributed by atoms with van der Waals surface area (Å²) in [6.45, 7) is 4.32. The Hall–Kier alpha value is -3.80. The summed E-state index contributed by atoms with van der Waals surface area (Å²) in [5.41, 5.74) is 2.44. The fourth-order valence-electron chi connectivity index (χ4n) is 6.67. The molecule has 222 valence electrons. The smallest absolute Gasteiger partial charge is 0.343 e. The minimum atomic E-state index is -1.90. The third-order valence-electron chi connectivity index (χ3n) is 9.27. The van der Waals surface area contributed by atoms with E-state index in [1.165, 1.54) is 7.11 Å². The van der Waals surface area contributed by atoms with Gasteiger partial charge in [0.15, 0.2) is 5.60 Å². The minimum Gasteiger partial charge on any atom is -0.496 e. The molecule has 0 aliphatic carbocycles. The molecule has 3 aliphatic heterocycles. The number of carbonyl (C=O) groups excluding carboxylic acids is 2. The fourth-order valence-corrected chi connectivity index (χ4v) is 6.67. The second-order valence-corrected chi connectivity index (χ2v) is 11.6. The molecule has 1 aromatic carbocycles. The van der Waals surface area contributed by atoms with Gasteiger partial charge in [-0.1, -0.05) is 6.92 Å². The first-order chi connectivity index (χ1) is 20.1. The topological polar surface area (TPSA) is 126 Å². The molecule has 6 rings (SSSR count). The number of likely N-dealkylation sites (tertiary alicyclic amines) is 1. The molecule has 42 heavy (non-hydrogen) atoms. The van der Waals surface area contributed by atoms with Gasteiger partial charge in [0.1, 0.15) is 12.4 Å². The molecule has 3 aliphatic rings. The molecule has 1 atom stereocenters. The summed E-state index contributed by atoms with van der Waals surface area (Å²) in [5, 5.41) is 14.8. The van der Waals surface area contributed by atoms with E-state index in [0.29, 0.717) is 47.3 Å². The number of esters is 1. The second-order valence-electron chi connectivity index (χ2n) is 11.6. The molecule has 0 radical (unpaired) electrons. The molecule has 2 N–H and O–H groups in total. The predicted octanol–water partition coefficient (Wildman–Crippen LogP) is 1.97. The molecule has 1 saturated heterocycles. The summed E-state index contributed by atoms with van der Waals surface area (Å²) >= 11 is 0. The molecule has 1 amide bonds. The maximum absolute atomic E-state index is 13.8. The monoisotopic (exact) mass is 575 g/mol. The van der Waals surface area contributed by atoms with E-state index < -0.39 is 11.6 Å². The van der Waals surface area contributed by atoms with Crippen LogP contribution in [0.15, 0.2) is 23.0 Å². The number of fused-ring (bicyclic) bond motifs is 5. The number of piperidine rings is 1. The number of rotatable bonds is 6. The number of amides is 1. The van der Waals surface area contributed by atoms with Gasteiger partial charge in [0.25, 0.3) is 11.5 Å². The average Bonchev–Trinajstić information content (AvgIpc) is 3.37. The maximum atomic E-state index is 13.8. The molecule has 1 fully saturated rings. The molecule has 5 heterocycles. The summed E-state index contributed by atoms with van der Waals surface area (Å²) in [6, 6.07) is 5.86. The van der Waals surface area contributed by atoms with Gasteiger partial charge in [-0.2, -0.15) is 0 Å². The van der Waals surface area contributed by atoms with E-state index in [1.807, 2.05) is 6.07 Å². The maximum Gasteiger partial charge on any atom is 0.343 e. The third-order valence-corrected chi connectivity index (χ3v) is 9.27. The van der Waals surface area contributed by atoms with Crippen LogP contribution in [0.3, 0.4) is 0 Å². The van der Waals surface area contributed by atoms with Crippen LogP contribution in [-0.4, -0.2) is 83.7 Å². The van der Waals surface area contributed by atoms with Crippen molar-refractivity contribution in [3.05, 3.63) is 56.4 Å². The van der Waals surface area contributed by atoms with Gasteiger partial charge >= 0.3 is 5.97 Å². The number of aliphatic hydroxyl groups is 1. The van der Waals surface area contributed by atoms with Gasteiger partial charge in [-0.25, -0.2) is 9.78 Å². The Morgan fingerprint density at radius 3 is 2.60 bits per heavy atom. The van der Waals surface area contributed by atoms with E-state index in [1.54, 1.807) is 30.7 Å². The summed E-state index contributed by atoms with van der Waals surface area (Å²) in [6.07, 6.45) is 2.18. The summed E-state index contributed by atoms with van der Waals surface area (Å²) < 4.78 is 12.5. The number of cyclic esters (lactones) is 1. The largest absolute Gasteiger partial charge is 0.496 e. The van der Waals surface area contributed by atoms with Crippen LogP contribution in [0.25, 0.3) is 22.3 Å². The number of hydrogen-bond acceptors (Lipinski definition) is 9. The van der Waals surface area contributed by atoms with Gasteiger partial charge in [0, 0.05) is 36.1 Å². The zero-order chi connectivity index (χ0) is 29.9. The molecule has 0 unspecified atom stereocenters. The van der Waals surface area contributed by atoms with E-state index in [4.69, 9.17) is 14.5 Å². The number of carbonyl (C=O) groups is 2. The van der Waals surface area contributed by atoms with E-state index >= 15 is 0 Å². The van der Waals surface area contributed by atoms with Crippen LogP contribution >= 0.6 is 0 Å². The first kappa shape index (κ1) is 28.3. The standard InChI is InChI=1S/C31H37N5O6/c1-6-31(40)23-13-25-27-21(15-36(25)29(38)22(23)16-42-30(31)39)20(14-35-9-7-17(8-10-35)34(3)4)18-12-26(41-5)19(28(37)32-2)11-24(18)33-27/h11-13,17,40H,6-10,14-16H2,1-5H3,(H,32,37)/t31-/m0/s1. The Kier molecular flexibility index (Phi) is 7.07. The quantitative estimate of drug-likeness (QED) is 0.332. The molecular formula is C31H37N5O6. The second kappa shape index (κ2) is 10.5. The van der Waals surface area contributed by atoms with Gasteiger partial charge in [-0.05, 0) is 70.2 Å². The number of aromatic nitrogens is 2. The molecule has 0 spiro atoms. The van der Waals surface area contributed by atoms with Gasteiger partial charge in [0.2, 0.25) is 0 Å². The highest BCUT2D eigenvalue weighted by atomic mass is 16.6. The van der Waals surface area contributed by atoms with Gasteiger partial charge in [-0.3, -0.25) is 14.5 Å². The van der Waals surface area contributed by atoms with Crippen molar-refractivity contribution in [2.45, 2.75) is 57.5 Å². The van der Waals surface area contributed by atoms with Gasteiger partial charge < -0.3 is 29.4 Å². The zero-order valence-corrected chi connectivity index (χ0v) is 24.7. The number of ether oxygens (including phenoxy) is 2. The van der Waals surface area contributed by atoms with Crippen molar-refractivity contribution in [2.75, 3.05) is 41.3 Å². The molecular weight excluding hydrogens is 538 g/mol. The van der Waals surface area contributed by atoms with Crippen molar-refractivity contribution in [1.82, 2.24) is 24.7 Å². The van der Waals surface area contributed by atoms with E-state index in [0.717, 1.165) is 42.4 Å². The highest BCUT2D eigenvalue weighted by Gasteiger charge is 2.45. The Morgan fingerprint density at radius 2 is 1.95 bits per heavy atom. The molecule has 11 heteroatoms. The number of benzene rings is 1. The predicted molar refractivity (Wildman–Crippen MR) is 156 cm³/mol. The molecule has 11 nitrogen and oxygen atoms in total. The number of nitrogens with zero attached hydrogens (tertiary/aromatic N) is 4. The van der Waals surface area contributed by atoms with Crippen molar-refractivity contribution in [3.8, 4) is 17.1 Å². The summed E-state index contributed by atoms with van der Waals surface area (Å²) in [5.74, 6) is -0.598. The third kappa shape index (κ3) is 4.29. The van der Waals surface area contributed by atoms with Gasteiger partial charge in [-0.15, -0.1) is 0 Å². The highest BCUT2D eigenvalue weighted by Crippen LogP contribution is 2.41. The number of nitrogens with one attached hydrogen (secondary N) is 1. The van der Waals surface area contributed by atoms with Crippen LogP contribution in [0.5, 0.6) is 5.75 Å². The van der Waals surface area contributed by atoms with E-state index in [2.05, 4.69) is 29.2 Å². The average molecular weight is 576 g/mol. The van der Waals surface area contributed by atoms with Crippen LogP contribution in [0.2, 0.25) is 0 Å². The molecule has 3 aromatic rings. The lowest BCUT2D eigenvalue weighted by atomic mass is 9.86. The summed E-state index contributed by atoms with van der Waals surface area (Å²) in [4.78, 5) is 48.9. The Labute approximate surface area is 244 Å². The van der Waals surface area contributed by atoms with Crippen molar-refractivity contribution >= 4 is 22.8 Å². The Morgan fingerprint density at radius 1 is 1.21 bits per heavy atom. The van der Waals surface area contributed by atoms with Crippen LogP contribution < -0.4 is 15.6 Å². The SMILES string of the molecule is CC[C@@]1(O)C(=O)OCc2c1cc1n(c2=O)Cc2c-1nc1cc(C(=O)NC)c(OC)cc1c2CN1CCC(N(C)C)CC1. The van der Waals surface area contributed by atoms with Gasteiger partial charge in [0.05, 0.1) is 41.7 Å². The van der Waals surface area contributed by atoms with E-state index in [9.17, 15) is 19.5 Å². The lowest BCUT2D eigenvalue weighted by Gasteiger charge is -2.35. The van der Waals surface area contributed by atoms with Crippen LogP contribution in [0, 0.1) is 0 Å². The zero-order valence-electron chi connectivity index (χ0n) is 24.7. The summed E-state index contributed by atoms with van der Waals surface area (Å²) in [7, 11) is 7.34. The van der Waals surface area contributed by atoms with Crippen molar-refractivity contribution in [1.29, 1.82) is 0 Å².